The van der Waals surface area contributed by atoms with Crippen LogP contribution in [0.4, 0.5) is 0 Å². The van der Waals surface area contributed by atoms with Crippen molar-refractivity contribution >= 4 is 0 Å². The molecule has 0 spiro atoms. The molecule has 0 unspecified atom stereocenters. The van der Waals surface area contributed by atoms with Crippen LogP contribution in [-0.2, 0) is 0 Å². The lowest BCUT2D eigenvalue weighted by molar-refractivity contribution is 0.121. The van der Waals surface area contributed by atoms with E-state index in [4.69, 9.17) is 0 Å². The van der Waals surface area contributed by atoms with Crippen LogP contribution in [0.5, 0.6) is 0 Å². The molecular weight excluding hydrogens is 244 g/mol. The number of hydrogen-bond acceptors (Lipinski definition) is 2. The van der Waals surface area contributed by atoms with Gasteiger partial charge in [0, 0.05) is 19.1 Å². The van der Waals surface area contributed by atoms with Gasteiger partial charge in [0.15, 0.2) is 0 Å². The van der Waals surface area contributed by atoms with Crippen molar-refractivity contribution in [2.45, 2.75) is 19.0 Å². The van der Waals surface area contributed by atoms with E-state index in [1.54, 1.807) is 0 Å². The highest BCUT2D eigenvalue weighted by molar-refractivity contribution is 5.78. The van der Waals surface area contributed by atoms with Crippen molar-refractivity contribution < 1.29 is 0 Å². The van der Waals surface area contributed by atoms with E-state index in [-0.39, 0.29) is 0 Å². The molecule has 0 bridgehead atoms. The lowest BCUT2D eigenvalue weighted by Crippen LogP contribution is -2.57. The second-order valence-corrected chi connectivity index (χ2v) is 5.72. The van der Waals surface area contributed by atoms with E-state index in [0.29, 0.717) is 12.1 Å². The predicted molar refractivity (Wildman–Crippen MR) is 82.8 cm³/mol. The van der Waals surface area contributed by atoms with Crippen molar-refractivity contribution in [3.8, 4) is 11.1 Å². The maximum absolute atomic E-state index is 3.41. The first-order chi connectivity index (χ1) is 9.90. The Hall–Kier alpha value is -1.64. The number of rotatable bonds is 3. The molecule has 1 saturated heterocycles. The summed E-state index contributed by atoms with van der Waals surface area (Å²) in [6, 6.07) is 18.9. The Bertz CT molecular complexity index is 585. The average molecular weight is 264 g/mol. The minimum atomic E-state index is 0.430. The Morgan fingerprint density at radius 1 is 0.950 bits per heavy atom. The summed E-state index contributed by atoms with van der Waals surface area (Å²) in [6.45, 7) is 5.62. The van der Waals surface area contributed by atoms with Crippen LogP contribution in [0.1, 0.15) is 24.1 Å². The number of benzene rings is 2. The first-order valence-corrected chi connectivity index (χ1v) is 7.55. The largest absolute Gasteiger partial charge is 0.314 e. The van der Waals surface area contributed by atoms with E-state index in [0.717, 1.165) is 19.6 Å². The quantitative estimate of drug-likeness (QED) is 0.916. The molecule has 4 rings (SSSR count). The zero-order valence-electron chi connectivity index (χ0n) is 11.8. The molecule has 2 aliphatic rings. The summed E-state index contributed by atoms with van der Waals surface area (Å²) in [4.78, 5) is 2.65. The molecule has 1 heterocycles. The molecule has 1 N–H and O–H groups in total. The number of hydrogen-bond donors (Lipinski definition) is 1. The molecule has 0 aromatic heterocycles. The van der Waals surface area contributed by atoms with Gasteiger partial charge < -0.3 is 5.32 Å². The Labute approximate surface area is 120 Å². The van der Waals surface area contributed by atoms with E-state index in [9.17, 15) is 0 Å². The fourth-order valence-corrected chi connectivity index (χ4v) is 3.65. The molecule has 1 aliphatic heterocycles. The van der Waals surface area contributed by atoms with Crippen LogP contribution < -0.4 is 5.32 Å². The standard InChI is InChI=1S/C18H20N2/c1-2-20(13-11-19-12-13)18-16-9-5-3-7-14(16)15-8-4-6-10-17(15)18/h3-10,13,18-19H,2,11-12H2,1H3. The minimum absolute atomic E-state index is 0.430. The van der Waals surface area contributed by atoms with Gasteiger partial charge in [-0.05, 0) is 28.8 Å². The molecule has 102 valence electrons. The van der Waals surface area contributed by atoms with E-state index in [2.05, 4.69) is 65.7 Å². The monoisotopic (exact) mass is 264 g/mol. The average Bonchev–Trinajstić information content (AvgIpc) is 2.77. The molecule has 0 amide bonds. The van der Waals surface area contributed by atoms with Crippen molar-refractivity contribution in [2.24, 2.45) is 0 Å². The van der Waals surface area contributed by atoms with Crippen molar-refractivity contribution in [1.82, 2.24) is 10.2 Å². The third kappa shape index (κ3) is 1.65. The van der Waals surface area contributed by atoms with Crippen LogP contribution >= 0.6 is 0 Å². The zero-order chi connectivity index (χ0) is 13.5. The molecule has 2 heteroatoms. The van der Waals surface area contributed by atoms with Gasteiger partial charge in [0.1, 0.15) is 0 Å². The Balaban J connectivity index is 1.86. The first kappa shape index (κ1) is 12.1. The van der Waals surface area contributed by atoms with Crippen molar-refractivity contribution in [3.05, 3.63) is 59.7 Å². The second-order valence-electron chi connectivity index (χ2n) is 5.72. The third-order valence-electron chi connectivity index (χ3n) is 4.73. The summed E-state index contributed by atoms with van der Waals surface area (Å²) in [5.41, 5.74) is 5.78. The summed E-state index contributed by atoms with van der Waals surface area (Å²) < 4.78 is 0. The summed E-state index contributed by atoms with van der Waals surface area (Å²) in [5, 5.41) is 3.41. The molecule has 1 aliphatic carbocycles. The van der Waals surface area contributed by atoms with Gasteiger partial charge in [0.2, 0.25) is 0 Å². The fourth-order valence-electron chi connectivity index (χ4n) is 3.65. The molecule has 2 aromatic carbocycles. The second kappa shape index (κ2) is 4.72. The summed E-state index contributed by atoms with van der Waals surface area (Å²) in [5.74, 6) is 0. The zero-order valence-corrected chi connectivity index (χ0v) is 11.8. The van der Waals surface area contributed by atoms with Gasteiger partial charge in [-0.15, -0.1) is 0 Å². The van der Waals surface area contributed by atoms with Crippen LogP contribution in [0, 0.1) is 0 Å². The Morgan fingerprint density at radius 3 is 1.95 bits per heavy atom. The Kier molecular flexibility index (Phi) is 2.86. The van der Waals surface area contributed by atoms with Gasteiger partial charge >= 0.3 is 0 Å². The van der Waals surface area contributed by atoms with Gasteiger partial charge in [-0.25, -0.2) is 0 Å². The van der Waals surface area contributed by atoms with Crippen LogP contribution in [0.15, 0.2) is 48.5 Å². The first-order valence-electron chi connectivity index (χ1n) is 7.55. The van der Waals surface area contributed by atoms with Gasteiger partial charge in [-0.3, -0.25) is 4.90 Å². The summed E-state index contributed by atoms with van der Waals surface area (Å²) in [7, 11) is 0. The lowest BCUT2D eigenvalue weighted by atomic mass is 9.99. The van der Waals surface area contributed by atoms with E-state index >= 15 is 0 Å². The van der Waals surface area contributed by atoms with E-state index in [1.165, 1.54) is 22.3 Å². The molecule has 2 nitrogen and oxygen atoms in total. The number of nitrogens with one attached hydrogen (secondary N) is 1. The number of fused-ring (bicyclic) bond motifs is 3. The Morgan fingerprint density at radius 2 is 1.50 bits per heavy atom. The third-order valence-corrected chi connectivity index (χ3v) is 4.73. The smallest absolute Gasteiger partial charge is 0.0617 e. The highest BCUT2D eigenvalue weighted by Gasteiger charge is 2.36. The molecule has 0 radical (unpaired) electrons. The molecule has 1 fully saturated rings. The maximum atomic E-state index is 3.41. The van der Waals surface area contributed by atoms with E-state index in [1.807, 2.05) is 0 Å². The molecule has 0 saturated carbocycles. The number of nitrogens with zero attached hydrogens (tertiary/aromatic N) is 1. The SMILES string of the molecule is CCN(C1CNC1)C1c2ccccc2-c2ccccc21. The normalized spacial score (nSPS) is 17.9. The van der Waals surface area contributed by atoms with Crippen LogP contribution in [0.25, 0.3) is 11.1 Å². The lowest BCUT2D eigenvalue weighted by Gasteiger charge is -2.42. The minimum Gasteiger partial charge on any atom is -0.314 e. The fraction of sp³-hybridized carbons (Fsp3) is 0.333. The van der Waals surface area contributed by atoms with Gasteiger partial charge in [0.05, 0.1) is 6.04 Å². The van der Waals surface area contributed by atoms with Gasteiger partial charge in [0.25, 0.3) is 0 Å². The van der Waals surface area contributed by atoms with Crippen LogP contribution in [0.2, 0.25) is 0 Å². The summed E-state index contributed by atoms with van der Waals surface area (Å²) >= 11 is 0. The van der Waals surface area contributed by atoms with Gasteiger partial charge in [-0.1, -0.05) is 55.5 Å². The van der Waals surface area contributed by atoms with Crippen LogP contribution in [-0.4, -0.2) is 30.6 Å². The predicted octanol–water partition coefficient (Wildman–Crippen LogP) is 3.05. The topological polar surface area (TPSA) is 15.3 Å². The maximum Gasteiger partial charge on any atom is 0.0617 e. The molecule has 0 atom stereocenters. The van der Waals surface area contributed by atoms with Gasteiger partial charge in [-0.2, -0.15) is 0 Å². The van der Waals surface area contributed by atoms with Crippen molar-refractivity contribution in [1.29, 1.82) is 0 Å². The molecular formula is C18H20N2. The molecule has 2 aromatic rings. The van der Waals surface area contributed by atoms with E-state index < -0.39 is 0 Å². The highest BCUT2D eigenvalue weighted by Crippen LogP contribution is 2.46. The highest BCUT2D eigenvalue weighted by atomic mass is 15.3. The summed E-state index contributed by atoms with van der Waals surface area (Å²) in [6.07, 6.45) is 0. The molecule has 20 heavy (non-hydrogen) atoms. The van der Waals surface area contributed by atoms with Crippen molar-refractivity contribution in [3.63, 3.8) is 0 Å². The number of likely N-dealkylation sites (N-methyl/N-ethyl adjacent to an activating group) is 1. The van der Waals surface area contributed by atoms with Crippen LogP contribution in [0.3, 0.4) is 0 Å². The van der Waals surface area contributed by atoms with Crippen molar-refractivity contribution in [2.75, 3.05) is 19.6 Å².